The number of halogens is 9. The molecule has 0 saturated heterocycles. The van der Waals surface area contributed by atoms with Gasteiger partial charge in [0.05, 0.1) is 64.1 Å². The minimum atomic E-state index is -1.96. The van der Waals surface area contributed by atoms with E-state index in [9.17, 15) is 37.5 Å². The van der Waals surface area contributed by atoms with E-state index in [2.05, 4.69) is 76.3 Å². The predicted molar refractivity (Wildman–Crippen MR) is 478 cm³/mol. The summed E-state index contributed by atoms with van der Waals surface area (Å²) < 4.78 is 29.5. The smallest absolute Gasteiger partial charge is 0.306 e. The number of esters is 1. The van der Waals surface area contributed by atoms with Gasteiger partial charge in [-0.1, -0.05) is 204 Å². The summed E-state index contributed by atoms with van der Waals surface area (Å²) in [5, 5.41) is 4.86. The quantitative estimate of drug-likeness (QED) is 0.0337. The summed E-state index contributed by atoms with van der Waals surface area (Å²) in [4.78, 5) is 105. The first-order valence-corrected chi connectivity index (χ1v) is 39.3. The molecule has 18 nitrogen and oxygen atoms in total. The number of hydrogen-bond acceptors (Lipinski definition) is 18. The standard InChI is InChI=1S/C26H19F2N3O2S.C18H20N2O2S.C10H6Cl3NO.C9H8N2O.C9H8N2S.C8H7N.C2Cl4O.5CH4/c27-21-8-5-16(13-22(21)28)14-31-12-2-4-20(26(31)33)24(32)10-6-17-15-34-25(30-17)19-7-9-23-18(19)3-1-11-29-23;1-18(2,3)22-16(21)9-6-12-11-23-17(20-12)14-7-8-15-13(14)5-4-10-19-15;11-10(12,13)9(15)7-3-4-8-6(7)2-1-5-14-8;2*10-9(12)7-3-4-8-6(7)2-1-5-11-8;1-3-7-4-2-6-9-8(7)5-1;3-1(7)2(4,5)6;;;;;/h1-5,7-8,11-13,15H,6,9-10,14H2;4-5,7,10-11H,6,8-9H2,1-3H3;1-3,5H,4H2;2*1-3,5H,4H2,(H2,10,12);1-4,6H,5H2;;5*1H4. The SMILES string of the molecule is C.C.C.C.C.C1=Cc2cccnc2C1.CC(C)(C)OC(=O)CCc1csc(C2=CCc3ncccc32)n1.NC(=O)C1=CCc2ncccc21.NC(=S)C1=CCc2ncccc21.O=C(C1=CCc2ncccc21)C(Cl)(Cl)Cl.O=C(CCc1csc(C2=CCc3ncccc32)n1)c1cccn(Cc2ccc(F)c(F)c2)c1=O.O=C(Cl)C(Cl)(Cl)Cl. The van der Waals surface area contributed by atoms with Crippen molar-refractivity contribution in [1.29, 1.82) is 0 Å². The van der Waals surface area contributed by atoms with Crippen LogP contribution in [0.25, 0.3) is 33.9 Å². The number of benzene rings is 1. The van der Waals surface area contributed by atoms with Crippen LogP contribution in [0.4, 0.5) is 8.78 Å². The normalized spacial score (nSPS) is 12.8. The fraction of sp³-hybridized carbons (Fsp3) is 0.253. The first-order chi connectivity index (χ1) is 53.4. The van der Waals surface area contributed by atoms with Gasteiger partial charge in [-0.05, 0) is 111 Å². The average Bonchev–Trinajstić information content (AvgIpc) is 1.70. The highest BCUT2D eigenvalue weighted by atomic mass is 35.6. The molecule has 10 aromatic rings. The number of aryl methyl sites for hydroxylation is 2. The van der Waals surface area contributed by atoms with Gasteiger partial charge in [-0.2, -0.15) is 0 Å². The number of amides is 1. The molecule has 30 heteroatoms. The molecule has 6 aliphatic rings. The maximum absolute atomic E-state index is 13.5. The number of ketones is 2. The molecular weight excluding hydrogens is 1690 g/mol. The van der Waals surface area contributed by atoms with Gasteiger partial charge >= 0.3 is 5.97 Å². The first kappa shape index (κ1) is 98.1. The van der Waals surface area contributed by atoms with Crippen molar-refractivity contribution in [3.05, 3.63) is 316 Å². The number of primary amides is 1. The second-order valence-corrected chi connectivity index (χ2v) is 33.0. The number of Topliss-reactive ketones (excluding diaryl/α,β-unsaturated/α-hetero) is 2. The van der Waals surface area contributed by atoms with Gasteiger partial charge in [0.1, 0.15) is 20.6 Å². The number of nitrogens with two attached hydrogens (primary N) is 2. The van der Waals surface area contributed by atoms with Crippen molar-refractivity contribution in [2.45, 2.75) is 142 Å². The van der Waals surface area contributed by atoms with Gasteiger partial charge in [0.2, 0.25) is 11.7 Å². The van der Waals surface area contributed by atoms with Crippen molar-refractivity contribution < 1.29 is 37.5 Å². The van der Waals surface area contributed by atoms with Crippen molar-refractivity contribution in [1.82, 2.24) is 44.4 Å². The van der Waals surface area contributed by atoms with Crippen LogP contribution in [0.5, 0.6) is 0 Å². The number of thiocarbonyl (C=S) groups is 1. The Morgan fingerprint density at radius 3 is 1.41 bits per heavy atom. The number of nitrogens with zero attached hydrogens (tertiary/aromatic N) is 9. The third kappa shape index (κ3) is 27.0. The van der Waals surface area contributed by atoms with Crippen LogP contribution < -0.4 is 17.0 Å². The fourth-order valence-corrected chi connectivity index (χ4v) is 14.2. The number of hydrogen-bond donors (Lipinski definition) is 2. The number of thiazole rings is 2. The van der Waals surface area contributed by atoms with Crippen molar-refractivity contribution in [3.63, 3.8) is 0 Å². The molecule has 0 aliphatic heterocycles. The highest BCUT2D eigenvalue weighted by Crippen LogP contribution is 2.39. The Morgan fingerprint density at radius 1 is 0.530 bits per heavy atom. The lowest BCUT2D eigenvalue weighted by Gasteiger charge is -2.19. The van der Waals surface area contributed by atoms with E-state index in [1.807, 2.05) is 98.5 Å². The lowest BCUT2D eigenvalue weighted by atomic mass is 10.1. The third-order valence-corrected chi connectivity index (χ3v) is 20.7. The van der Waals surface area contributed by atoms with Crippen molar-refractivity contribution in [3.8, 4) is 0 Å². The summed E-state index contributed by atoms with van der Waals surface area (Å²) in [7, 11) is 0. The van der Waals surface area contributed by atoms with E-state index in [0.717, 1.165) is 127 Å². The molecule has 117 heavy (non-hydrogen) atoms. The van der Waals surface area contributed by atoms with Crippen LogP contribution >= 0.6 is 116 Å². The van der Waals surface area contributed by atoms with E-state index in [-0.39, 0.29) is 73.3 Å². The number of fused-ring (bicyclic) bond motifs is 6. The number of allylic oxidation sites excluding steroid dienone is 7. The lowest BCUT2D eigenvalue weighted by Crippen LogP contribution is -2.26. The molecule has 0 fully saturated rings. The van der Waals surface area contributed by atoms with Gasteiger partial charge in [-0.25, -0.2) is 18.7 Å². The molecule has 9 heterocycles. The summed E-state index contributed by atoms with van der Waals surface area (Å²) in [6.45, 7) is 5.68. The molecule has 0 radical (unpaired) electrons. The molecule has 0 saturated carbocycles. The largest absolute Gasteiger partial charge is 0.460 e. The molecule has 4 N–H and O–H groups in total. The van der Waals surface area contributed by atoms with Gasteiger partial charge in [0.25, 0.3) is 18.4 Å². The molecule has 1 aromatic carbocycles. The Balaban J connectivity index is 0.000000257. The van der Waals surface area contributed by atoms with Crippen LogP contribution in [0.3, 0.4) is 0 Å². The molecule has 614 valence electrons. The highest BCUT2D eigenvalue weighted by molar-refractivity contribution is 7.81. The maximum Gasteiger partial charge on any atom is 0.306 e. The summed E-state index contributed by atoms with van der Waals surface area (Å²) in [6.07, 6.45) is 32.6. The molecule has 16 rings (SSSR count). The molecule has 9 aromatic heterocycles. The monoisotopic (exact) mass is 1780 g/mol. The Morgan fingerprint density at radius 2 is 0.957 bits per heavy atom. The van der Waals surface area contributed by atoms with E-state index >= 15 is 0 Å². The lowest BCUT2D eigenvalue weighted by molar-refractivity contribution is -0.154. The Bertz CT molecular complexity index is 5420. The van der Waals surface area contributed by atoms with Crippen molar-refractivity contribution in [2.24, 2.45) is 11.5 Å². The van der Waals surface area contributed by atoms with Crippen molar-refractivity contribution >= 4 is 184 Å². The Labute approximate surface area is 728 Å². The number of carbonyl (C=O) groups excluding carboxylic acids is 5. The van der Waals surface area contributed by atoms with Crippen LogP contribution in [-0.4, -0.2) is 91.3 Å². The van der Waals surface area contributed by atoms with E-state index < -0.39 is 41.4 Å². The summed E-state index contributed by atoms with van der Waals surface area (Å²) in [5.74, 6) is -3.26. The zero-order valence-corrected chi connectivity index (χ0v) is 67.7. The van der Waals surface area contributed by atoms with Crippen LogP contribution in [0.15, 0.2) is 199 Å². The zero-order chi connectivity index (χ0) is 80.4. The van der Waals surface area contributed by atoms with Gasteiger partial charge < -0.3 is 20.8 Å². The molecule has 0 bridgehead atoms. The van der Waals surface area contributed by atoms with Gasteiger partial charge in [0.15, 0.2) is 17.4 Å². The molecule has 1 amide bonds. The first-order valence-electron chi connectivity index (χ1n) is 34.5. The minimum absolute atomic E-state index is 0. The van der Waals surface area contributed by atoms with Crippen LogP contribution in [-0.2, 0) is 81.8 Å². The number of rotatable bonds is 14. The summed E-state index contributed by atoms with van der Waals surface area (Å²) >= 11 is 44.2. The van der Waals surface area contributed by atoms with Crippen LogP contribution in [0.1, 0.15) is 176 Å². The number of pyridine rings is 7. The molecule has 6 aliphatic carbocycles. The van der Waals surface area contributed by atoms with Gasteiger partial charge in [-0.15, -0.1) is 22.7 Å². The number of aromatic nitrogens is 9. The van der Waals surface area contributed by atoms with Gasteiger partial charge in [0, 0.05) is 161 Å². The second-order valence-electron chi connectivity index (χ2n) is 26.0. The van der Waals surface area contributed by atoms with E-state index in [1.54, 1.807) is 66.5 Å². The molecule has 0 spiro atoms. The molecular formula is C87H88Cl7F2N11O7S3. The van der Waals surface area contributed by atoms with Crippen LogP contribution in [0.2, 0.25) is 0 Å². The average molecular weight is 1780 g/mol. The molecule has 0 unspecified atom stereocenters. The van der Waals surface area contributed by atoms with Crippen LogP contribution in [0, 0.1) is 11.6 Å². The minimum Gasteiger partial charge on any atom is -0.460 e. The van der Waals surface area contributed by atoms with Crippen molar-refractivity contribution in [2.75, 3.05) is 0 Å². The topological polar surface area (TPSA) is 272 Å². The van der Waals surface area contributed by atoms with E-state index in [4.69, 9.17) is 110 Å². The molecule has 0 atom stereocenters. The Hall–Kier alpha value is -9.50. The highest BCUT2D eigenvalue weighted by Gasteiger charge is 2.36. The predicted octanol–water partition coefficient (Wildman–Crippen LogP) is 20.4. The third-order valence-electron chi connectivity index (χ3n) is 17.0. The fourth-order valence-electron chi connectivity index (χ4n) is 11.9. The Kier molecular flexibility index (Phi) is 37.6. The maximum atomic E-state index is 13.5. The number of alkyl halides is 6. The second kappa shape index (κ2) is 44.9. The summed E-state index contributed by atoms with van der Waals surface area (Å²) in [5.41, 5.74) is 28.7. The zero-order valence-electron chi connectivity index (χ0n) is 60.0. The summed E-state index contributed by atoms with van der Waals surface area (Å²) in [6, 6.07) is 29.7. The van der Waals surface area contributed by atoms with Gasteiger partial charge in [-0.3, -0.25) is 58.7 Å². The number of carbonyl (C=O) groups is 5. The van der Waals surface area contributed by atoms with E-state index in [1.165, 1.54) is 51.1 Å². The number of ether oxygens (including phenoxy) is 1. The van der Waals surface area contributed by atoms with E-state index in [0.29, 0.717) is 53.8 Å².